The summed E-state index contributed by atoms with van der Waals surface area (Å²) in [6.45, 7) is 2.18. The third-order valence-electron chi connectivity index (χ3n) is 7.61. The van der Waals surface area contributed by atoms with Crippen molar-refractivity contribution in [3.8, 4) is 16.9 Å². The lowest BCUT2D eigenvalue weighted by molar-refractivity contribution is 0.130. The van der Waals surface area contributed by atoms with Crippen molar-refractivity contribution in [2.24, 2.45) is 11.3 Å². The van der Waals surface area contributed by atoms with E-state index in [9.17, 15) is 4.39 Å². The van der Waals surface area contributed by atoms with Crippen LogP contribution in [0.15, 0.2) is 67.9 Å². The summed E-state index contributed by atoms with van der Waals surface area (Å²) >= 11 is 0. The second-order valence-corrected chi connectivity index (χ2v) is 10.2. The van der Waals surface area contributed by atoms with Crippen molar-refractivity contribution in [1.82, 2.24) is 44.2 Å². The van der Waals surface area contributed by atoms with E-state index >= 15 is 0 Å². The third-order valence-corrected chi connectivity index (χ3v) is 7.61. The SMILES string of the molecule is F[C@H]1CC2(CNCc3ccc4nc(Cn5cc(-c6cncc(-n7ccnc7)c6)nn5)cn4c3)CC1C2. The fourth-order valence-electron chi connectivity index (χ4n) is 5.81. The summed E-state index contributed by atoms with van der Waals surface area (Å²) in [7, 11) is 0. The van der Waals surface area contributed by atoms with E-state index in [1.165, 1.54) is 5.56 Å². The Bertz CT molecular complexity index is 1510. The van der Waals surface area contributed by atoms with E-state index in [0.29, 0.717) is 12.5 Å². The lowest BCUT2D eigenvalue weighted by Crippen LogP contribution is -2.38. The zero-order valence-electron chi connectivity index (χ0n) is 19.7. The summed E-state index contributed by atoms with van der Waals surface area (Å²) in [4.78, 5) is 13.2. The minimum Gasteiger partial charge on any atom is -0.312 e. The van der Waals surface area contributed by atoms with Gasteiger partial charge in [0.05, 0.1) is 36.6 Å². The molecule has 3 fully saturated rings. The lowest BCUT2D eigenvalue weighted by Gasteiger charge is -2.38. The molecule has 0 aliphatic heterocycles. The minimum atomic E-state index is -0.585. The summed E-state index contributed by atoms with van der Waals surface area (Å²) in [5.41, 5.74) is 5.72. The molecule has 0 unspecified atom stereocenters. The van der Waals surface area contributed by atoms with Crippen molar-refractivity contribution in [2.45, 2.75) is 38.5 Å². The molecule has 0 aromatic carbocycles. The first kappa shape index (κ1) is 21.4. The van der Waals surface area contributed by atoms with E-state index in [0.717, 1.165) is 60.6 Å². The van der Waals surface area contributed by atoms with Crippen LogP contribution in [-0.2, 0) is 13.1 Å². The Hall–Kier alpha value is -3.92. The Kier molecular flexibility index (Phi) is 4.95. The predicted octanol–water partition coefficient (Wildman–Crippen LogP) is 3.45. The minimum absolute atomic E-state index is 0.198. The topological polar surface area (TPSA) is 90.8 Å². The van der Waals surface area contributed by atoms with Gasteiger partial charge in [0.1, 0.15) is 17.5 Å². The van der Waals surface area contributed by atoms with Gasteiger partial charge < -0.3 is 14.3 Å². The Labute approximate surface area is 207 Å². The first-order chi connectivity index (χ1) is 17.6. The van der Waals surface area contributed by atoms with Gasteiger partial charge in [0.15, 0.2) is 0 Å². The van der Waals surface area contributed by atoms with Crippen LogP contribution in [0.1, 0.15) is 30.5 Å². The number of alkyl halides is 1. The van der Waals surface area contributed by atoms with E-state index in [1.807, 2.05) is 39.7 Å². The number of aromatic nitrogens is 8. The van der Waals surface area contributed by atoms with Crippen LogP contribution in [0.3, 0.4) is 0 Å². The highest BCUT2D eigenvalue weighted by molar-refractivity contribution is 5.59. The quantitative estimate of drug-likeness (QED) is 0.364. The van der Waals surface area contributed by atoms with Gasteiger partial charge in [-0.2, -0.15) is 0 Å². The molecule has 5 heterocycles. The van der Waals surface area contributed by atoms with E-state index in [2.05, 4.69) is 37.9 Å². The predicted molar refractivity (Wildman–Crippen MR) is 131 cm³/mol. The molecular formula is C26H26FN9. The molecule has 3 aliphatic carbocycles. The lowest BCUT2D eigenvalue weighted by atomic mass is 9.69. The van der Waals surface area contributed by atoms with E-state index < -0.39 is 6.17 Å². The molecule has 3 saturated carbocycles. The number of fused-ring (bicyclic) bond motifs is 2. The van der Waals surface area contributed by atoms with E-state index in [-0.39, 0.29) is 5.41 Å². The highest BCUT2D eigenvalue weighted by Gasteiger charge is 2.55. The van der Waals surface area contributed by atoms with Gasteiger partial charge in [-0.1, -0.05) is 11.3 Å². The van der Waals surface area contributed by atoms with Gasteiger partial charge in [0.2, 0.25) is 0 Å². The third kappa shape index (κ3) is 3.87. The molecule has 0 spiro atoms. The maximum Gasteiger partial charge on any atom is 0.137 e. The van der Waals surface area contributed by atoms with Gasteiger partial charge in [-0.3, -0.25) is 4.98 Å². The Morgan fingerprint density at radius 1 is 1.08 bits per heavy atom. The van der Waals surface area contributed by atoms with Crippen molar-refractivity contribution in [2.75, 3.05) is 6.54 Å². The second-order valence-electron chi connectivity index (χ2n) is 10.2. The number of pyridine rings is 2. The number of rotatable bonds is 8. The summed E-state index contributed by atoms with van der Waals surface area (Å²) in [5, 5.41) is 12.2. The molecule has 36 heavy (non-hydrogen) atoms. The van der Waals surface area contributed by atoms with Crippen LogP contribution in [0.4, 0.5) is 4.39 Å². The number of hydrogen-bond acceptors (Lipinski definition) is 6. The standard InChI is InChI=1S/C26H26FN9/c27-23-8-26(6-20(23)7-26)16-30-9-18-1-2-25-31-21(13-35(25)12-18)14-36-15-24(32-33-36)19-5-22(11-29-10-19)34-4-3-28-17-34/h1-5,10-13,15,17,20,23,30H,6-9,14,16H2/t20?,23-,26?/m0/s1. The Morgan fingerprint density at radius 3 is 2.86 bits per heavy atom. The van der Waals surface area contributed by atoms with Crippen LogP contribution in [0.2, 0.25) is 0 Å². The first-order valence-corrected chi connectivity index (χ1v) is 12.3. The van der Waals surface area contributed by atoms with E-state index in [1.54, 1.807) is 29.6 Å². The molecule has 10 heteroatoms. The van der Waals surface area contributed by atoms with Crippen LogP contribution in [-0.4, -0.2) is 51.6 Å². The monoisotopic (exact) mass is 483 g/mol. The van der Waals surface area contributed by atoms with Gasteiger partial charge in [-0.15, -0.1) is 5.10 Å². The number of halogens is 1. The van der Waals surface area contributed by atoms with Gasteiger partial charge in [0, 0.05) is 49.6 Å². The summed E-state index contributed by atoms with van der Waals surface area (Å²) in [5.74, 6) is 0.317. The zero-order valence-corrected chi connectivity index (χ0v) is 19.7. The van der Waals surface area contributed by atoms with Gasteiger partial charge >= 0.3 is 0 Å². The fraction of sp³-hybridized carbons (Fsp3) is 0.346. The second kappa shape index (κ2) is 8.34. The molecule has 5 aromatic rings. The molecule has 182 valence electrons. The van der Waals surface area contributed by atoms with Gasteiger partial charge in [-0.05, 0) is 48.3 Å². The maximum atomic E-state index is 13.8. The summed E-state index contributed by atoms with van der Waals surface area (Å²) < 4.78 is 19.5. The molecule has 0 radical (unpaired) electrons. The average Bonchev–Trinajstić information content (AvgIpc) is 3.68. The van der Waals surface area contributed by atoms with Crippen LogP contribution in [0, 0.1) is 11.3 Å². The maximum absolute atomic E-state index is 13.8. The molecule has 9 nitrogen and oxygen atoms in total. The molecule has 5 aromatic heterocycles. The molecule has 0 saturated heterocycles. The van der Waals surface area contributed by atoms with E-state index in [4.69, 9.17) is 4.98 Å². The molecule has 8 rings (SSSR count). The smallest absolute Gasteiger partial charge is 0.137 e. The van der Waals surface area contributed by atoms with Crippen LogP contribution in [0.25, 0.3) is 22.6 Å². The first-order valence-electron chi connectivity index (χ1n) is 12.3. The molecule has 2 bridgehead atoms. The van der Waals surface area contributed by atoms with Crippen molar-refractivity contribution in [3.05, 3.63) is 79.2 Å². The molecular weight excluding hydrogens is 457 g/mol. The highest BCUT2D eigenvalue weighted by atomic mass is 19.1. The van der Waals surface area contributed by atoms with Crippen molar-refractivity contribution in [3.63, 3.8) is 0 Å². The van der Waals surface area contributed by atoms with Crippen LogP contribution >= 0.6 is 0 Å². The molecule has 1 atom stereocenters. The van der Waals surface area contributed by atoms with Crippen molar-refractivity contribution >= 4 is 5.65 Å². The zero-order chi connectivity index (χ0) is 24.1. The fourth-order valence-corrected chi connectivity index (χ4v) is 5.81. The van der Waals surface area contributed by atoms with Crippen molar-refractivity contribution < 1.29 is 4.39 Å². The molecule has 0 amide bonds. The number of nitrogens with one attached hydrogen (secondary N) is 1. The van der Waals surface area contributed by atoms with Crippen molar-refractivity contribution in [1.29, 1.82) is 0 Å². The number of hydrogen-bond donors (Lipinski definition) is 1. The highest BCUT2D eigenvalue weighted by Crippen LogP contribution is 2.59. The summed E-state index contributed by atoms with van der Waals surface area (Å²) in [6, 6.07) is 6.14. The Morgan fingerprint density at radius 2 is 2.03 bits per heavy atom. The number of imidazole rings is 2. The normalized spacial score (nSPS) is 22.8. The molecule has 1 N–H and O–H groups in total. The Balaban J connectivity index is 1.02. The number of nitrogens with zero attached hydrogens (tertiary/aromatic N) is 8. The van der Waals surface area contributed by atoms with Crippen LogP contribution < -0.4 is 5.32 Å². The van der Waals surface area contributed by atoms with Gasteiger partial charge in [-0.25, -0.2) is 19.0 Å². The van der Waals surface area contributed by atoms with Gasteiger partial charge in [0.25, 0.3) is 0 Å². The average molecular weight is 484 g/mol. The van der Waals surface area contributed by atoms with Crippen LogP contribution in [0.5, 0.6) is 0 Å². The summed E-state index contributed by atoms with van der Waals surface area (Å²) in [6.07, 6.45) is 17.2. The largest absolute Gasteiger partial charge is 0.312 e. The molecule has 3 aliphatic rings.